The van der Waals surface area contributed by atoms with Gasteiger partial charge in [-0.05, 0) is 52.7 Å². The van der Waals surface area contributed by atoms with Crippen molar-refractivity contribution in [3.63, 3.8) is 0 Å². The van der Waals surface area contributed by atoms with Crippen molar-refractivity contribution in [1.82, 2.24) is 9.97 Å². The Morgan fingerprint density at radius 1 is 1.30 bits per heavy atom. The lowest BCUT2D eigenvalue weighted by atomic mass is 9.82. The van der Waals surface area contributed by atoms with E-state index >= 15 is 0 Å². The van der Waals surface area contributed by atoms with Crippen LogP contribution in [-0.4, -0.2) is 9.97 Å². The first-order valence-electron chi connectivity index (χ1n) is 7.10. The third-order valence-corrected chi connectivity index (χ3v) is 4.84. The molecule has 1 aromatic carbocycles. The third kappa shape index (κ3) is 2.33. The summed E-state index contributed by atoms with van der Waals surface area (Å²) in [5, 5.41) is 0. The Hall–Kier alpha value is -1.42. The van der Waals surface area contributed by atoms with Crippen LogP contribution >= 0.6 is 15.9 Å². The van der Waals surface area contributed by atoms with Gasteiger partial charge in [0.15, 0.2) is 0 Å². The van der Waals surface area contributed by atoms with Gasteiger partial charge in [-0.2, -0.15) is 0 Å². The molecule has 1 atom stereocenters. The second kappa shape index (κ2) is 5.52. The fourth-order valence-electron chi connectivity index (χ4n) is 2.94. The Labute approximate surface area is 127 Å². The lowest BCUT2D eigenvalue weighted by molar-refractivity contribution is 0.588. The quantitative estimate of drug-likeness (QED) is 0.909. The molecule has 3 rings (SSSR count). The monoisotopic (exact) mass is 331 g/mol. The van der Waals surface area contributed by atoms with Crippen molar-refractivity contribution in [3.05, 3.63) is 51.4 Å². The molecular weight excluding hydrogens is 314 g/mol. The highest BCUT2D eigenvalue weighted by Gasteiger charge is 2.25. The number of aromatic nitrogens is 2. The van der Waals surface area contributed by atoms with Crippen LogP contribution in [0.5, 0.6) is 0 Å². The summed E-state index contributed by atoms with van der Waals surface area (Å²) in [7, 11) is 0. The fourth-order valence-corrected chi connectivity index (χ4v) is 3.40. The van der Waals surface area contributed by atoms with Crippen LogP contribution in [0.25, 0.3) is 0 Å². The Balaban J connectivity index is 2.09. The van der Waals surface area contributed by atoms with Crippen LogP contribution in [0, 0.1) is 0 Å². The van der Waals surface area contributed by atoms with Crippen LogP contribution in [0.1, 0.15) is 48.3 Å². The summed E-state index contributed by atoms with van der Waals surface area (Å²) in [5.74, 6) is 1.70. The highest BCUT2D eigenvalue weighted by atomic mass is 79.9. The van der Waals surface area contributed by atoms with Crippen LogP contribution in [-0.2, 0) is 12.8 Å². The zero-order valence-corrected chi connectivity index (χ0v) is 13.2. The average Bonchev–Trinajstić information content (AvgIpc) is 2.49. The molecule has 104 valence electrons. The normalized spacial score (nSPS) is 17.8. The molecule has 1 unspecified atom stereocenters. The molecule has 0 bridgehead atoms. The number of aryl methyl sites for hydroxylation is 2. The van der Waals surface area contributed by atoms with Gasteiger partial charge in [0.1, 0.15) is 11.6 Å². The number of halogens is 1. The molecule has 1 heterocycles. The molecule has 2 aromatic rings. The van der Waals surface area contributed by atoms with Gasteiger partial charge in [0, 0.05) is 5.92 Å². The topological polar surface area (TPSA) is 51.8 Å². The Morgan fingerprint density at radius 2 is 2.10 bits per heavy atom. The fraction of sp³-hybridized carbons (Fsp3) is 0.375. The van der Waals surface area contributed by atoms with Gasteiger partial charge in [-0.1, -0.05) is 31.2 Å². The van der Waals surface area contributed by atoms with Gasteiger partial charge in [0.05, 0.1) is 10.2 Å². The lowest BCUT2D eigenvalue weighted by Crippen LogP contribution is -2.15. The second-order valence-corrected chi connectivity index (χ2v) is 6.02. The zero-order chi connectivity index (χ0) is 14.1. The van der Waals surface area contributed by atoms with Crippen molar-refractivity contribution in [2.45, 2.75) is 38.5 Å². The summed E-state index contributed by atoms with van der Waals surface area (Å²) in [6.45, 7) is 2.09. The second-order valence-electron chi connectivity index (χ2n) is 5.22. The van der Waals surface area contributed by atoms with Crippen LogP contribution < -0.4 is 5.73 Å². The van der Waals surface area contributed by atoms with E-state index in [0.717, 1.165) is 35.3 Å². The van der Waals surface area contributed by atoms with Gasteiger partial charge in [-0.15, -0.1) is 0 Å². The van der Waals surface area contributed by atoms with Crippen LogP contribution in [0.2, 0.25) is 0 Å². The van der Waals surface area contributed by atoms with Gasteiger partial charge in [-0.3, -0.25) is 0 Å². The standard InChI is InChI=1S/C16H18BrN3/c1-2-13-14(17)15(18)20-16(19-13)12-9-5-7-10-6-3-4-8-11(10)12/h3-4,6,8,12H,2,5,7,9H2,1H3,(H2,18,19,20). The molecule has 4 heteroatoms. The van der Waals surface area contributed by atoms with E-state index in [-0.39, 0.29) is 5.92 Å². The molecule has 0 amide bonds. The molecule has 1 aliphatic carbocycles. The summed E-state index contributed by atoms with van der Waals surface area (Å²) in [6, 6.07) is 8.62. The third-order valence-electron chi connectivity index (χ3n) is 3.98. The van der Waals surface area contributed by atoms with E-state index < -0.39 is 0 Å². The van der Waals surface area contributed by atoms with Crippen molar-refractivity contribution in [3.8, 4) is 0 Å². The number of nitrogens with zero attached hydrogens (tertiary/aromatic N) is 2. The molecule has 0 radical (unpaired) electrons. The minimum Gasteiger partial charge on any atom is -0.383 e. The number of rotatable bonds is 2. The molecule has 0 spiro atoms. The molecule has 0 saturated heterocycles. The van der Waals surface area contributed by atoms with E-state index in [4.69, 9.17) is 10.7 Å². The largest absolute Gasteiger partial charge is 0.383 e. The smallest absolute Gasteiger partial charge is 0.141 e. The summed E-state index contributed by atoms with van der Waals surface area (Å²) in [6.07, 6.45) is 4.29. The van der Waals surface area contributed by atoms with Gasteiger partial charge >= 0.3 is 0 Å². The van der Waals surface area contributed by atoms with Crippen molar-refractivity contribution in [1.29, 1.82) is 0 Å². The van der Waals surface area contributed by atoms with E-state index in [9.17, 15) is 0 Å². The number of anilines is 1. The minimum atomic E-state index is 0.278. The summed E-state index contributed by atoms with van der Waals surface area (Å²) in [4.78, 5) is 9.26. The molecule has 0 saturated carbocycles. The van der Waals surface area contributed by atoms with E-state index in [0.29, 0.717) is 5.82 Å². The first-order chi connectivity index (χ1) is 9.70. The number of hydrogen-bond donors (Lipinski definition) is 1. The SMILES string of the molecule is CCc1nc(C2CCCc3ccccc32)nc(N)c1Br. The van der Waals surface area contributed by atoms with Gasteiger partial charge < -0.3 is 5.73 Å². The lowest BCUT2D eigenvalue weighted by Gasteiger charge is -2.25. The van der Waals surface area contributed by atoms with E-state index in [1.807, 2.05) is 0 Å². The van der Waals surface area contributed by atoms with Crippen molar-refractivity contribution in [2.75, 3.05) is 5.73 Å². The maximum Gasteiger partial charge on any atom is 0.141 e. The Bertz CT molecular complexity index is 640. The molecule has 0 fully saturated rings. The maximum atomic E-state index is 6.03. The molecular formula is C16H18BrN3. The van der Waals surface area contributed by atoms with Gasteiger partial charge in [0.2, 0.25) is 0 Å². The predicted octanol–water partition coefficient (Wildman–Crippen LogP) is 3.85. The molecule has 1 aliphatic rings. The van der Waals surface area contributed by atoms with E-state index in [1.54, 1.807) is 0 Å². The Morgan fingerprint density at radius 3 is 2.90 bits per heavy atom. The highest BCUT2D eigenvalue weighted by molar-refractivity contribution is 9.10. The number of hydrogen-bond acceptors (Lipinski definition) is 3. The van der Waals surface area contributed by atoms with Crippen LogP contribution in [0.15, 0.2) is 28.7 Å². The number of nitrogen functional groups attached to an aromatic ring is 1. The molecule has 1 aromatic heterocycles. The molecule has 20 heavy (non-hydrogen) atoms. The summed E-state index contributed by atoms with van der Waals surface area (Å²) in [5.41, 5.74) is 9.81. The van der Waals surface area contributed by atoms with Gasteiger partial charge in [-0.25, -0.2) is 9.97 Å². The van der Waals surface area contributed by atoms with Crippen molar-refractivity contribution < 1.29 is 0 Å². The number of fused-ring (bicyclic) bond motifs is 1. The van der Waals surface area contributed by atoms with E-state index in [2.05, 4.69) is 52.1 Å². The molecule has 2 N–H and O–H groups in total. The maximum absolute atomic E-state index is 6.03. The van der Waals surface area contributed by atoms with Crippen molar-refractivity contribution >= 4 is 21.7 Å². The number of nitrogens with two attached hydrogens (primary N) is 1. The van der Waals surface area contributed by atoms with E-state index in [1.165, 1.54) is 17.5 Å². The number of benzene rings is 1. The Kier molecular flexibility index (Phi) is 3.74. The van der Waals surface area contributed by atoms with Crippen molar-refractivity contribution in [2.24, 2.45) is 0 Å². The predicted molar refractivity (Wildman–Crippen MR) is 84.7 cm³/mol. The highest BCUT2D eigenvalue weighted by Crippen LogP contribution is 2.36. The molecule has 0 aliphatic heterocycles. The minimum absolute atomic E-state index is 0.278. The zero-order valence-electron chi connectivity index (χ0n) is 11.6. The van der Waals surface area contributed by atoms with Crippen LogP contribution in [0.3, 0.4) is 0 Å². The first-order valence-corrected chi connectivity index (χ1v) is 7.89. The summed E-state index contributed by atoms with van der Waals surface area (Å²) < 4.78 is 0.841. The van der Waals surface area contributed by atoms with Crippen LogP contribution in [0.4, 0.5) is 5.82 Å². The average molecular weight is 332 g/mol. The van der Waals surface area contributed by atoms with Gasteiger partial charge in [0.25, 0.3) is 0 Å². The first kappa shape index (κ1) is 13.6. The molecule has 3 nitrogen and oxygen atoms in total. The summed E-state index contributed by atoms with van der Waals surface area (Å²) >= 11 is 3.48.